The van der Waals surface area contributed by atoms with Crippen LogP contribution in [-0.4, -0.2) is 10.8 Å². The molecule has 22 heavy (non-hydrogen) atoms. The molecule has 0 spiro atoms. The third-order valence-electron chi connectivity index (χ3n) is 4.14. The number of nitrogens with zero attached hydrogens (tertiary/aromatic N) is 1. The predicted octanol–water partition coefficient (Wildman–Crippen LogP) is 4.30. The van der Waals surface area contributed by atoms with Crippen molar-refractivity contribution in [3.8, 4) is 0 Å². The zero-order valence-electron chi connectivity index (χ0n) is 12.1. The summed E-state index contributed by atoms with van der Waals surface area (Å²) in [5, 5.41) is 1.02. The first kappa shape index (κ1) is 13.0. The average Bonchev–Trinajstić information content (AvgIpc) is 2.57. The van der Waals surface area contributed by atoms with E-state index in [1.807, 2.05) is 60.7 Å². The fourth-order valence-electron chi connectivity index (χ4n) is 2.98. The van der Waals surface area contributed by atoms with Crippen molar-refractivity contribution in [3.05, 3.63) is 83.6 Å². The third kappa shape index (κ3) is 2.23. The van der Waals surface area contributed by atoms with Gasteiger partial charge in [-0.15, -0.1) is 0 Å². The van der Waals surface area contributed by atoms with E-state index in [9.17, 15) is 4.79 Å². The predicted molar refractivity (Wildman–Crippen MR) is 88.7 cm³/mol. The SMILES string of the molecule is O=C1c2cc3ccccc3nc2C=CC1Cc1ccccc1. The van der Waals surface area contributed by atoms with Crippen molar-refractivity contribution < 1.29 is 4.79 Å². The lowest BCUT2D eigenvalue weighted by atomic mass is 9.86. The molecule has 1 aliphatic carbocycles. The van der Waals surface area contributed by atoms with Gasteiger partial charge in [0.1, 0.15) is 0 Å². The Morgan fingerprint density at radius 2 is 1.73 bits per heavy atom. The lowest BCUT2D eigenvalue weighted by molar-refractivity contribution is 0.0942. The molecule has 2 heteroatoms. The van der Waals surface area contributed by atoms with Crippen LogP contribution in [0, 0.1) is 5.92 Å². The number of carbonyl (C=O) groups excluding carboxylic acids is 1. The van der Waals surface area contributed by atoms with Gasteiger partial charge in [0, 0.05) is 16.9 Å². The number of benzene rings is 2. The highest BCUT2D eigenvalue weighted by molar-refractivity contribution is 6.06. The van der Waals surface area contributed by atoms with Gasteiger partial charge in [-0.2, -0.15) is 0 Å². The molecule has 0 aliphatic heterocycles. The van der Waals surface area contributed by atoms with Gasteiger partial charge in [-0.3, -0.25) is 4.79 Å². The lowest BCUT2D eigenvalue weighted by Gasteiger charge is -2.18. The molecule has 0 fully saturated rings. The summed E-state index contributed by atoms with van der Waals surface area (Å²) >= 11 is 0. The second-order valence-electron chi connectivity index (χ2n) is 5.63. The van der Waals surface area contributed by atoms with Gasteiger partial charge in [-0.25, -0.2) is 4.98 Å². The number of carbonyl (C=O) groups is 1. The van der Waals surface area contributed by atoms with Crippen molar-refractivity contribution >= 4 is 22.8 Å². The molecule has 3 aromatic rings. The maximum absolute atomic E-state index is 12.8. The molecule has 0 amide bonds. The van der Waals surface area contributed by atoms with Gasteiger partial charge >= 0.3 is 0 Å². The van der Waals surface area contributed by atoms with Gasteiger partial charge in [-0.05, 0) is 30.2 Å². The van der Waals surface area contributed by atoms with E-state index in [0.717, 1.165) is 28.6 Å². The molecule has 1 unspecified atom stereocenters. The van der Waals surface area contributed by atoms with Crippen molar-refractivity contribution in [2.45, 2.75) is 6.42 Å². The smallest absolute Gasteiger partial charge is 0.172 e. The monoisotopic (exact) mass is 285 g/mol. The van der Waals surface area contributed by atoms with Gasteiger partial charge in [-0.1, -0.05) is 54.6 Å². The Balaban J connectivity index is 1.72. The van der Waals surface area contributed by atoms with Crippen molar-refractivity contribution in [2.24, 2.45) is 5.92 Å². The maximum Gasteiger partial charge on any atom is 0.172 e. The Bertz CT molecular complexity index is 881. The van der Waals surface area contributed by atoms with Crippen molar-refractivity contribution in [1.29, 1.82) is 0 Å². The number of ketones is 1. The van der Waals surface area contributed by atoms with E-state index in [-0.39, 0.29) is 11.7 Å². The Labute approximate surface area is 129 Å². The number of para-hydroxylation sites is 1. The van der Waals surface area contributed by atoms with Crippen molar-refractivity contribution in [3.63, 3.8) is 0 Å². The highest BCUT2D eigenvalue weighted by Crippen LogP contribution is 2.27. The minimum atomic E-state index is -0.0992. The summed E-state index contributed by atoms with van der Waals surface area (Å²) in [5.74, 6) is 0.0671. The van der Waals surface area contributed by atoms with Crippen LogP contribution >= 0.6 is 0 Å². The van der Waals surface area contributed by atoms with E-state index in [4.69, 9.17) is 0 Å². The fraction of sp³-hybridized carbons (Fsp3) is 0.100. The molecule has 0 saturated heterocycles. The van der Waals surface area contributed by atoms with Gasteiger partial charge < -0.3 is 0 Å². The zero-order chi connectivity index (χ0) is 14.9. The summed E-state index contributed by atoms with van der Waals surface area (Å²) in [6.45, 7) is 0. The largest absolute Gasteiger partial charge is 0.293 e. The number of Topliss-reactive ketones (excluding diaryl/α,β-unsaturated/α-hetero) is 1. The number of hydrogen-bond acceptors (Lipinski definition) is 2. The number of allylic oxidation sites excluding steroid dienone is 1. The topological polar surface area (TPSA) is 30.0 Å². The van der Waals surface area contributed by atoms with Crippen LogP contribution in [0.3, 0.4) is 0 Å². The van der Waals surface area contributed by atoms with E-state index >= 15 is 0 Å². The molecule has 0 N–H and O–H groups in total. The number of aromatic nitrogens is 1. The number of rotatable bonds is 2. The Kier molecular flexibility index (Phi) is 3.08. The molecule has 0 bridgehead atoms. The van der Waals surface area contributed by atoms with Gasteiger partial charge in [0.25, 0.3) is 0 Å². The summed E-state index contributed by atoms with van der Waals surface area (Å²) < 4.78 is 0. The molecule has 2 nitrogen and oxygen atoms in total. The quantitative estimate of drug-likeness (QED) is 0.702. The van der Waals surface area contributed by atoms with Crippen LogP contribution in [-0.2, 0) is 6.42 Å². The van der Waals surface area contributed by atoms with E-state index in [1.54, 1.807) is 0 Å². The lowest BCUT2D eigenvalue weighted by Crippen LogP contribution is -2.20. The highest BCUT2D eigenvalue weighted by atomic mass is 16.1. The molecule has 1 atom stereocenters. The first-order valence-electron chi connectivity index (χ1n) is 7.47. The molecule has 1 aromatic heterocycles. The normalized spacial score (nSPS) is 16.7. The highest BCUT2D eigenvalue weighted by Gasteiger charge is 2.24. The van der Waals surface area contributed by atoms with Gasteiger partial charge in [0.05, 0.1) is 11.2 Å². The Morgan fingerprint density at radius 3 is 2.59 bits per heavy atom. The van der Waals surface area contributed by atoms with E-state index in [1.165, 1.54) is 5.56 Å². The standard InChI is InChI=1S/C20H15NO/c22-20-16(12-14-6-2-1-3-7-14)10-11-19-17(20)13-15-8-4-5-9-18(15)21-19/h1-11,13,16H,12H2. The molecule has 4 rings (SSSR count). The van der Waals surface area contributed by atoms with Gasteiger partial charge in [0.15, 0.2) is 5.78 Å². The summed E-state index contributed by atoms with van der Waals surface area (Å²) in [6.07, 6.45) is 4.71. The van der Waals surface area contributed by atoms with E-state index < -0.39 is 0 Å². The number of hydrogen-bond donors (Lipinski definition) is 0. The van der Waals surface area contributed by atoms with Crippen LogP contribution in [0.15, 0.2) is 66.7 Å². The van der Waals surface area contributed by atoms with Crippen molar-refractivity contribution in [2.75, 3.05) is 0 Å². The summed E-state index contributed by atoms with van der Waals surface area (Å²) in [6, 6.07) is 20.0. The van der Waals surface area contributed by atoms with Gasteiger partial charge in [0.2, 0.25) is 0 Å². The second-order valence-corrected chi connectivity index (χ2v) is 5.63. The molecular weight excluding hydrogens is 270 g/mol. The minimum Gasteiger partial charge on any atom is -0.293 e. The first-order chi connectivity index (χ1) is 10.8. The molecule has 2 aromatic carbocycles. The van der Waals surface area contributed by atoms with Crippen LogP contribution in [0.4, 0.5) is 0 Å². The Hall–Kier alpha value is -2.74. The maximum atomic E-state index is 12.8. The fourth-order valence-corrected chi connectivity index (χ4v) is 2.98. The first-order valence-corrected chi connectivity index (χ1v) is 7.47. The number of pyridine rings is 1. The van der Waals surface area contributed by atoms with Crippen LogP contribution in [0.25, 0.3) is 17.0 Å². The van der Waals surface area contributed by atoms with E-state index in [0.29, 0.717) is 0 Å². The summed E-state index contributed by atoms with van der Waals surface area (Å²) in [4.78, 5) is 17.4. The average molecular weight is 285 g/mol. The molecule has 0 saturated carbocycles. The van der Waals surface area contributed by atoms with Crippen LogP contribution in [0.2, 0.25) is 0 Å². The molecule has 0 radical (unpaired) electrons. The third-order valence-corrected chi connectivity index (χ3v) is 4.14. The Morgan fingerprint density at radius 1 is 0.955 bits per heavy atom. The molecule has 1 heterocycles. The van der Waals surface area contributed by atoms with Crippen LogP contribution < -0.4 is 0 Å². The zero-order valence-corrected chi connectivity index (χ0v) is 12.1. The molecule has 106 valence electrons. The molecule has 1 aliphatic rings. The minimum absolute atomic E-state index is 0.0992. The van der Waals surface area contributed by atoms with Crippen molar-refractivity contribution in [1.82, 2.24) is 4.98 Å². The van der Waals surface area contributed by atoms with E-state index in [2.05, 4.69) is 17.1 Å². The molecular formula is C20H15NO. The summed E-state index contributed by atoms with van der Waals surface area (Å²) in [5.41, 5.74) is 3.64. The summed E-state index contributed by atoms with van der Waals surface area (Å²) in [7, 11) is 0. The number of fused-ring (bicyclic) bond motifs is 2. The van der Waals surface area contributed by atoms with Crippen LogP contribution in [0.1, 0.15) is 21.6 Å². The second kappa shape index (κ2) is 5.23. The van der Waals surface area contributed by atoms with Crippen LogP contribution in [0.5, 0.6) is 0 Å².